The fraction of sp³-hybridized carbons (Fsp3) is 0.700. The van der Waals surface area contributed by atoms with Crippen molar-refractivity contribution < 1.29 is 22.4 Å². The molecule has 1 heterocycles. The molecule has 0 atom stereocenters. The van der Waals surface area contributed by atoms with Gasteiger partial charge in [-0.1, -0.05) is 5.16 Å². The van der Waals surface area contributed by atoms with Crippen molar-refractivity contribution in [3.63, 3.8) is 0 Å². The van der Waals surface area contributed by atoms with E-state index in [1.54, 1.807) is 6.07 Å². The molecule has 4 nitrogen and oxygen atoms in total. The van der Waals surface area contributed by atoms with Crippen molar-refractivity contribution in [2.75, 3.05) is 19.8 Å². The largest absolute Gasteiger partial charge is 0.411 e. The standard InChI is InChI=1S/C10H15F3N2O2/c1-8-5-9(17-15-8)6-14-3-2-4-16-7-10(11,12)13/h5,14H,2-4,6-7H2,1H3. The Labute approximate surface area is 97.1 Å². The van der Waals surface area contributed by atoms with E-state index < -0.39 is 12.8 Å². The molecule has 0 aliphatic carbocycles. The van der Waals surface area contributed by atoms with Crippen molar-refractivity contribution >= 4 is 0 Å². The molecule has 1 rings (SSSR count). The van der Waals surface area contributed by atoms with E-state index in [0.29, 0.717) is 25.3 Å². The van der Waals surface area contributed by atoms with Crippen LogP contribution in [0.3, 0.4) is 0 Å². The van der Waals surface area contributed by atoms with E-state index >= 15 is 0 Å². The van der Waals surface area contributed by atoms with E-state index in [2.05, 4.69) is 15.2 Å². The first kappa shape index (κ1) is 14.0. The van der Waals surface area contributed by atoms with Gasteiger partial charge in [-0.05, 0) is 19.9 Å². The molecule has 0 bridgehead atoms. The normalized spacial score (nSPS) is 12.0. The van der Waals surface area contributed by atoms with Gasteiger partial charge in [-0.2, -0.15) is 13.2 Å². The highest BCUT2D eigenvalue weighted by Crippen LogP contribution is 2.14. The van der Waals surface area contributed by atoms with Crippen LogP contribution in [0, 0.1) is 6.92 Å². The number of aryl methyl sites for hydroxylation is 1. The lowest BCUT2D eigenvalue weighted by Crippen LogP contribution is -2.20. The predicted octanol–water partition coefficient (Wildman–Crippen LogP) is 2.04. The van der Waals surface area contributed by atoms with Crippen LogP contribution in [-0.2, 0) is 11.3 Å². The highest BCUT2D eigenvalue weighted by Gasteiger charge is 2.27. The quantitative estimate of drug-likeness (QED) is 0.754. The Bertz CT molecular complexity index is 326. The molecule has 1 aromatic rings. The van der Waals surface area contributed by atoms with Gasteiger partial charge >= 0.3 is 6.18 Å². The summed E-state index contributed by atoms with van der Waals surface area (Å²) < 4.78 is 44.5. The molecule has 1 aromatic heterocycles. The Morgan fingerprint density at radius 2 is 2.24 bits per heavy atom. The van der Waals surface area contributed by atoms with E-state index in [0.717, 1.165) is 5.69 Å². The Morgan fingerprint density at radius 3 is 2.82 bits per heavy atom. The van der Waals surface area contributed by atoms with Gasteiger partial charge in [0.1, 0.15) is 6.61 Å². The van der Waals surface area contributed by atoms with Gasteiger partial charge in [0.15, 0.2) is 5.76 Å². The zero-order valence-electron chi connectivity index (χ0n) is 9.51. The number of halogens is 3. The van der Waals surface area contributed by atoms with Crippen molar-refractivity contribution in [3.8, 4) is 0 Å². The SMILES string of the molecule is Cc1cc(CNCCCOCC(F)(F)F)on1. The molecular weight excluding hydrogens is 237 g/mol. The van der Waals surface area contributed by atoms with Crippen LogP contribution in [0.2, 0.25) is 0 Å². The molecule has 0 saturated heterocycles. The number of aromatic nitrogens is 1. The Morgan fingerprint density at radius 1 is 1.47 bits per heavy atom. The molecule has 0 aliphatic heterocycles. The van der Waals surface area contributed by atoms with E-state index in [1.165, 1.54) is 0 Å². The molecule has 1 N–H and O–H groups in total. The molecule has 0 fully saturated rings. The topological polar surface area (TPSA) is 47.3 Å². The summed E-state index contributed by atoms with van der Waals surface area (Å²) in [6.07, 6.45) is -3.73. The van der Waals surface area contributed by atoms with Gasteiger partial charge in [0.05, 0.1) is 12.2 Å². The number of ether oxygens (including phenoxy) is 1. The van der Waals surface area contributed by atoms with E-state index in [9.17, 15) is 13.2 Å². The van der Waals surface area contributed by atoms with Gasteiger partial charge < -0.3 is 14.6 Å². The molecule has 0 amide bonds. The fourth-order valence-corrected chi connectivity index (χ4v) is 1.20. The second-order valence-electron chi connectivity index (χ2n) is 3.63. The van der Waals surface area contributed by atoms with Crippen LogP contribution in [0.1, 0.15) is 17.9 Å². The van der Waals surface area contributed by atoms with Gasteiger partial charge in [-0.25, -0.2) is 0 Å². The Kier molecular flexibility index (Phi) is 5.43. The summed E-state index contributed by atoms with van der Waals surface area (Å²) in [5.41, 5.74) is 0.801. The summed E-state index contributed by atoms with van der Waals surface area (Å²) in [6.45, 7) is 1.80. The molecule has 0 saturated carbocycles. The van der Waals surface area contributed by atoms with E-state index in [1.807, 2.05) is 6.92 Å². The van der Waals surface area contributed by atoms with Crippen molar-refractivity contribution in [1.82, 2.24) is 10.5 Å². The molecule has 0 radical (unpaired) electrons. The molecule has 7 heteroatoms. The molecule has 0 unspecified atom stereocenters. The third kappa shape index (κ3) is 6.96. The zero-order chi connectivity index (χ0) is 12.7. The maximum Gasteiger partial charge on any atom is 0.411 e. The van der Waals surface area contributed by atoms with Crippen LogP contribution in [0.4, 0.5) is 13.2 Å². The number of nitrogens with zero attached hydrogens (tertiary/aromatic N) is 1. The van der Waals surface area contributed by atoms with Crippen LogP contribution >= 0.6 is 0 Å². The van der Waals surface area contributed by atoms with Crippen molar-refractivity contribution in [3.05, 3.63) is 17.5 Å². The fourth-order valence-electron chi connectivity index (χ4n) is 1.20. The average molecular weight is 252 g/mol. The first-order valence-electron chi connectivity index (χ1n) is 5.25. The summed E-state index contributed by atoms with van der Waals surface area (Å²) >= 11 is 0. The first-order chi connectivity index (χ1) is 7.97. The van der Waals surface area contributed by atoms with Gasteiger partial charge in [0.2, 0.25) is 0 Å². The monoisotopic (exact) mass is 252 g/mol. The highest BCUT2D eigenvalue weighted by atomic mass is 19.4. The summed E-state index contributed by atoms with van der Waals surface area (Å²) in [5, 5.41) is 6.72. The van der Waals surface area contributed by atoms with E-state index in [-0.39, 0.29) is 6.61 Å². The lowest BCUT2D eigenvalue weighted by Gasteiger charge is -2.07. The van der Waals surface area contributed by atoms with Gasteiger partial charge in [0, 0.05) is 12.7 Å². The molecule has 0 aliphatic rings. The second kappa shape index (κ2) is 6.61. The minimum Gasteiger partial charge on any atom is -0.372 e. The van der Waals surface area contributed by atoms with Gasteiger partial charge in [-0.3, -0.25) is 0 Å². The molecule has 17 heavy (non-hydrogen) atoms. The third-order valence-corrected chi connectivity index (χ3v) is 1.88. The second-order valence-corrected chi connectivity index (χ2v) is 3.63. The summed E-state index contributed by atoms with van der Waals surface area (Å²) in [5.74, 6) is 0.707. The van der Waals surface area contributed by atoms with Crippen LogP contribution in [0.15, 0.2) is 10.6 Å². The number of hydrogen-bond donors (Lipinski definition) is 1. The smallest absolute Gasteiger partial charge is 0.372 e. The first-order valence-corrected chi connectivity index (χ1v) is 5.25. The highest BCUT2D eigenvalue weighted by molar-refractivity contribution is 5.02. The minimum absolute atomic E-state index is 0.0853. The maximum atomic E-state index is 11.7. The van der Waals surface area contributed by atoms with Crippen LogP contribution in [0.25, 0.3) is 0 Å². The maximum absolute atomic E-state index is 11.7. The minimum atomic E-state index is -4.25. The molecular formula is C10H15F3N2O2. The summed E-state index contributed by atoms with van der Waals surface area (Å²) in [4.78, 5) is 0. The number of alkyl halides is 3. The molecule has 0 spiro atoms. The number of rotatable bonds is 7. The van der Waals surface area contributed by atoms with Crippen LogP contribution in [-0.4, -0.2) is 31.1 Å². The summed E-state index contributed by atoms with van der Waals surface area (Å²) in [7, 11) is 0. The lowest BCUT2D eigenvalue weighted by molar-refractivity contribution is -0.173. The van der Waals surface area contributed by atoms with Crippen molar-refractivity contribution in [2.45, 2.75) is 26.1 Å². The average Bonchev–Trinajstić information content (AvgIpc) is 2.61. The molecule has 0 aromatic carbocycles. The van der Waals surface area contributed by atoms with Crippen LogP contribution in [0.5, 0.6) is 0 Å². The lowest BCUT2D eigenvalue weighted by atomic mass is 10.3. The number of nitrogens with one attached hydrogen (secondary N) is 1. The van der Waals surface area contributed by atoms with Crippen LogP contribution < -0.4 is 5.32 Å². The van der Waals surface area contributed by atoms with Crippen molar-refractivity contribution in [1.29, 1.82) is 0 Å². The number of hydrogen-bond acceptors (Lipinski definition) is 4. The zero-order valence-corrected chi connectivity index (χ0v) is 9.51. The third-order valence-electron chi connectivity index (χ3n) is 1.88. The Hall–Kier alpha value is -1.08. The van der Waals surface area contributed by atoms with Gasteiger partial charge in [0.25, 0.3) is 0 Å². The molecule has 98 valence electrons. The Balaban J connectivity index is 1.95. The van der Waals surface area contributed by atoms with Gasteiger partial charge in [-0.15, -0.1) is 0 Å². The predicted molar refractivity (Wildman–Crippen MR) is 54.4 cm³/mol. The van der Waals surface area contributed by atoms with Crippen molar-refractivity contribution in [2.24, 2.45) is 0 Å². The summed E-state index contributed by atoms with van der Waals surface area (Å²) in [6, 6.07) is 1.80. The van der Waals surface area contributed by atoms with E-state index in [4.69, 9.17) is 4.52 Å².